The average molecular weight is 410 g/mol. The zero-order chi connectivity index (χ0) is 21.3. The van der Waals surface area contributed by atoms with Gasteiger partial charge in [-0.1, -0.05) is 43.3 Å². The summed E-state index contributed by atoms with van der Waals surface area (Å²) in [7, 11) is 0. The highest BCUT2D eigenvalue weighted by Gasteiger charge is 2.51. The van der Waals surface area contributed by atoms with Crippen molar-refractivity contribution >= 4 is 11.9 Å². The van der Waals surface area contributed by atoms with Gasteiger partial charge in [-0.15, -0.1) is 6.58 Å². The molecule has 0 radical (unpaired) electrons. The van der Waals surface area contributed by atoms with Gasteiger partial charge in [0.25, 0.3) is 0 Å². The third-order valence-corrected chi connectivity index (χ3v) is 7.63. The molecule has 3 aliphatic rings. The Balaban J connectivity index is 1.73. The van der Waals surface area contributed by atoms with E-state index in [1.54, 1.807) is 0 Å². The molecule has 5 atom stereocenters. The number of carbonyl (C=O) groups excluding carboxylic acids is 2. The number of rotatable bonds is 5. The van der Waals surface area contributed by atoms with E-state index in [0.717, 1.165) is 38.8 Å². The van der Waals surface area contributed by atoms with E-state index in [4.69, 9.17) is 0 Å². The van der Waals surface area contributed by atoms with Gasteiger partial charge in [0.2, 0.25) is 5.91 Å². The van der Waals surface area contributed by atoms with Crippen molar-refractivity contribution < 1.29 is 9.59 Å². The number of nitrogens with zero attached hydrogens (tertiary/aromatic N) is 3. The third-order valence-electron chi connectivity index (χ3n) is 7.63. The first-order valence-corrected chi connectivity index (χ1v) is 11.6. The average Bonchev–Trinajstić information content (AvgIpc) is 3.34. The van der Waals surface area contributed by atoms with Crippen LogP contribution < -0.4 is 0 Å². The molecule has 2 aliphatic heterocycles. The van der Waals surface area contributed by atoms with Crippen LogP contribution >= 0.6 is 0 Å². The van der Waals surface area contributed by atoms with Crippen molar-refractivity contribution in [2.24, 2.45) is 11.8 Å². The molecule has 0 aromatic heterocycles. The molecule has 0 unspecified atom stereocenters. The van der Waals surface area contributed by atoms with Gasteiger partial charge in [0.15, 0.2) is 0 Å². The summed E-state index contributed by atoms with van der Waals surface area (Å²) in [5, 5.41) is 0. The van der Waals surface area contributed by atoms with E-state index in [1.165, 1.54) is 5.56 Å². The zero-order valence-electron chi connectivity index (χ0n) is 18.4. The van der Waals surface area contributed by atoms with Crippen molar-refractivity contribution in [2.45, 2.75) is 57.5 Å². The minimum atomic E-state index is -0.0553. The van der Waals surface area contributed by atoms with Gasteiger partial charge < -0.3 is 14.7 Å². The van der Waals surface area contributed by atoms with Crippen LogP contribution in [0.15, 0.2) is 43.0 Å². The highest BCUT2D eigenvalue weighted by molar-refractivity contribution is 5.81. The van der Waals surface area contributed by atoms with Gasteiger partial charge in [0.1, 0.15) is 0 Å². The SMILES string of the molecule is C=CCN1C(=O)N(CC)[C@@H]2C[C@@H](c3ccccc3)[C@@H](C)[C@@H](C(=O)N3CCCC3)C[C@@H]21. The van der Waals surface area contributed by atoms with E-state index >= 15 is 0 Å². The van der Waals surface area contributed by atoms with Gasteiger partial charge >= 0.3 is 6.03 Å². The standard InChI is InChI=1S/C25H35N3O2/c1-4-13-28-23-17-21(24(29)26-14-9-10-15-26)18(3)20(19-11-7-6-8-12-19)16-22(23)27(5-2)25(28)30/h4,6-8,11-12,18,20-23H,1,5,9-10,13-17H2,2-3H3/t18-,20-,21+,22-,23+/m1/s1. The first kappa shape index (κ1) is 21.0. The van der Waals surface area contributed by atoms with Gasteiger partial charge in [-0.05, 0) is 50.0 Å². The summed E-state index contributed by atoms with van der Waals surface area (Å²) in [6, 6.07) is 10.9. The molecule has 0 N–H and O–H groups in total. The van der Waals surface area contributed by atoms with Gasteiger partial charge in [0, 0.05) is 32.1 Å². The number of likely N-dealkylation sites (tertiary alicyclic amines) is 1. The Hall–Kier alpha value is -2.30. The van der Waals surface area contributed by atoms with Crippen LogP contribution in [0.4, 0.5) is 4.79 Å². The fourth-order valence-corrected chi connectivity index (χ4v) is 6.02. The Labute approximate surface area is 180 Å². The first-order valence-electron chi connectivity index (χ1n) is 11.6. The summed E-state index contributed by atoms with van der Waals surface area (Å²) in [6.07, 6.45) is 5.68. The molecule has 1 aliphatic carbocycles. The van der Waals surface area contributed by atoms with Crippen LogP contribution in [0, 0.1) is 11.8 Å². The molecular weight excluding hydrogens is 374 g/mol. The largest absolute Gasteiger partial charge is 0.342 e. The topological polar surface area (TPSA) is 43.9 Å². The molecule has 5 heteroatoms. The van der Waals surface area contributed by atoms with E-state index in [0.29, 0.717) is 19.0 Å². The molecule has 3 amide bonds. The van der Waals surface area contributed by atoms with E-state index in [9.17, 15) is 9.59 Å². The Kier molecular flexibility index (Phi) is 6.16. The van der Waals surface area contributed by atoms with Crippen molar-refractivity contribution in [1.29, 1.82) is 0 Å². The maximum atomic E-state index is 13.6. The van der Waals surface area contributed by atoms with E-state index < -0.39 is 0 Å². The molecule has 3 fully saturated rings. The third kappa shape index (κ3) is 3.63. The normalized spacial score (nSPS) is 31.6. The number of fused-ring (bicyclic) bond motifs is 1. The predicted molar refractivity (Wildman–Crippen MR) is 119 cm³/mol. The number of benzene rings is 1. The van der Waals surface area contributed by atoms with Crippen LogP contribution in [0.1, 0.15) is 51.0 Å². The van der Waals surface area contributed by atoms with Crippen LogP contribution in [0.25, 0.3) is 0 Å². The lowest BCUT2D eigenvalue weighted by atomic mass is 9.77. The number of hydrogen-bond donors (Lipinski definition) is 0. The smallest absolute Gasteiger partial charge is 0.320 e. The second-order valence-corrected chi connectivity index (χ2v) is 9.13. The second kappa shape index (κ2) is 8.83. The molecule has 2 heterocycles. The molecule has 1 saturated carbocycles. The van der Waals surface area contributed by atoms with E-state index in [1.807, 2.05) is 21.9 Å². The minimum Gasteiger partial charge on any atom is -0.342 e. The Morgan fingerprint density at radius 1 is 1.10 bits per heavy atom. The lowest BCUT2D eigenvalue weighted by Gasteiger charge is -2.33. The van der Waals surface area contributed by atoms with Crippen LogP contribution in [-0.4, -0.2) is 64.9 Å². The molecule has 30 heavy (non-hydrogen) atoms. The number of likely N-dealkylation sites (N-methyl/N-ethyl adjacent to an activating group) is 1. The summed E-state index contributed by atoms with van der Waals surface area (Å²) in [6.45, 7) is 11.2. The van der Waals surface area contributed by atoms with Crippen molar-refractivity contribution in [2.75, 3.05) is 26.2 Å². The Morgan fingerprint density at radius 3 is 2.40 bits per heavy atom. The molecule has 0 spiro atoms. The van der Waals surface area contributed by atoms with Crippen molar-refractivity contribution in [3.63, 3.8) is 0 Å². The fourth-order valence-electron chi connectivity index (χ4n) is 6.02. The summed E-state index contributed by atoms with van der Waals surface area (Å²) < 4.78 is 0. The summed E-state index contributed by atoms with van der Waals surface area (Å²) in [5.74, 6) is 0.747. The van der Waals surface area contributed by atoms with Gasteiger partial charge in [-0.3, -0.25) is 4.79 Å². The number of urea groups is 1. The molecule has 162 valence electrons. The quantitative estimate of drug-likeness (QED) is 0.687. The fraction of sp³-hybridized carbons (Fsp3) is 0.600. The molecule has 1 aromatic carbocycles. The van der Waals surface area contributed by atoms with Crippen molar-refractivity contribution in [1.82, 2.24) is 14.7 Å². The van der Waals surface area contributed by atoms with Crippen molar-refractivity contribution in [3.05, 3.63) is 48.6 Å². The van der Waals surface area contributed by atoms with Gasteiger partial charge in [-0.25, -0.2) is 4.79 Å². The zero-order valence-corrected chi connectivity index (χ0v) is 18.4. The molecule has 4 rings (SSSR count). The highest BCUT2D eigenvalue weighted by Crippen LogP contribution is 2.45. The maximum Gasteiger partial charge on any atom is 0.320 e. The van der Waals surface area contributed by atoms with Crippen LogP contribution in [-0.2, 0) is 4.79 Å². The van der Waals surface area contributed by atoms with Crippen LogP contribution in [0.5, 0.6) is 0 Å². The lowest BCUT2D eigenvalue weighted by Crippen LogP contribution is -2.42. The number of carbonyl (C=O) groups is 2. The summed E-state index contributed by atoms with van der Waals surface area (Å²) >= 11 is 0. The van der Waals surface area contributed by atoms with E-state index in [2.05, 4.69) is 49.6 Å². The molecule has 5 nitrogen and oxygen atoms in total. The van der Waals surface area contributed by atoms with Crippen LogP contribution in [0.3, 0.4) is 0 Å². The maximum absolute atomic E-state index is 13.6. The summed E-state index contributed by atoms with van der Waals surface area (Å²) in [5.41, 5.74) is 1.29. The highest BCUT2D eigenvalue weighted by atomic mass is 16.2. The molecule has 0 bridgehead atoms. The monoisotopic (exact) mass is 409 g/mol. The van der Waals surface area contributed by atoms with Gasteiger partial charge in [0.05, 0.1) is 12.1 Å². The van der Waals surface area contributed by atoms with Crippen LogP contribution in [0.2, 0.25) is 0 Å². The summed E-state index contributed by atoms with van der Waals surface area (Å²) in [4.78, 5) is 32.8. The Bertz CT molecular complexity index is 774. The Morgan fingerprint density at radius 2 is 1.77 bits per heavy atom. The first-order chi connectivity index (χ1) is 14.6. The molecular formula is C25H35N3O2. The predicted octanol–water partition coefficient (Wildman–Crippen LogP) is 4.12. The number of hydrogen-bond acceptors (Lipinski definition) is 2. The number of amides is 3. The van der Waals surface area contributed by atoms with Gasteiger partial charge in [-0.2, -0.15) is 0 Å². The minimum absolute atomic E-state index is 0.0553. The second-order valence-electron chi connectivity index (χ2n) is 9.13. The lowest BCUT2D eigenvalue weighted by molar-refractivity contribution is -0.136. The van der Waals surface area contributed by atoms with E-state index in [-0.39, 0.29) is 35.9 Å². The molecule has 1 aromatic rings. The van der Waals surface area contributed by atoms with Crippen molar-refractivity contribution in [3.8, 4) is 0 Å². The molecule has 2 saturated heterocycles.